The van der Waals surface area contributed by atoms with Gasteiger partial charge in [-0.3, -0.25) is 24.2 Å². The second-order valence-electron chi connectivity index (χ2n) is 7.66. The Morgan fingerprint density at radius 3 is 1.87 bits per heavy atom. The molecule has 0 aliphatic carbocycles. The van der Waals surface area contributed by atoms with E-state index in [1.165, 1.54) is 4.90 Å². The zero-order valence-corrected chi connectivity index (χ0v) is 16.3. The lowest BCUT2D eigenvalue weighted by Crippen LogP contribution is -2.64. The van der Waals surface area contributed by atoms with Gasteiger partial charge in [0.15, 0.2) is 0 Å². The van der Waals surface area contributed by atoms with Crippen LogP contribution in [-0.2, 0) is 0 Å². The van der Waals surface area contributed by atoms with Gasteiger partial charge >= 0.3 is 0 Å². The molecule has 2 heterocycles. The van der Waals surface area contributed by atoms with Crippen molar-refractivity contribution in [2.24, 2.45) is 0 Å². The van der Waals surface area contributed by atoms with Crippen LogP contribution in [0.1, 0.15) is 38.0 Å². The molecule has 1 atom stereocenters. The van der Waals surface area contributed by atoms with E-state index in [0.717, 1.165) is 0 Å². The molecule has 0 unspecified atom stereocenters. The Morgan fingerprint density at radius 2 is 1.23 bits per heavy atom. The number of fused-ring (bicyclic) bond motifs is 2. The largest absolute Gasteiger partial charge is 0.360 e. The van der Waals surface area contributed by atoms with Crippen LogP contribution >= 0.6 is 0 Å². The van der Waals surface area contributed by atoms with Crippen LogP contribution in [-0.4, -0.2) is 34.8 Å². The third-order valence-electron chi connectivity index (χ3n) is 5.62. The van der Waals surface area contributed by atoms with Gasteiger partial charge < -0.3 is 5.32 Å². The Kier molecular flexibility index (Phi) is 3.96. The van der Waals surface area contributed by atoms with Crippen LogP contribution in [0.2, 0.25) is 0 Å². The van der Waals surface area contributed by atoms with Crippen molar-refractivity contribution >= 4 is 29.1 Å². The van der Waals surface area contributed by atoms with Crippen LogP contribution in [0.5, 0.6) is 0 Å². The highest BCUT2D eigenvalue weighted by Gasteiger charge is 2.47. The molecule has 2 aliphatic heterocycles. The Balaban J connectivity index is 1.59. The number of hydrogen-bond donors (Lipinski definition) is 1. The number of hydrogen-bond acceptors (Lipinski definition) is 4. The average molecular weight is 397 g/mol. The topological polar surface area (TPSA) is 69.7 Å². The third kappa shape index (κ3) is 2.61. The van der Waals surface area contributed by atoms with Gasteiger partial charge in [0.05, 0.1) is 23.2 Å². The van der Waals surface area contributed by atoms with Gasteiger partial charge in [-0.1, -0.05) is 42.5 Å². The molecule has 0 spiro atoms. The second-order valence-corrected chi connectivity index (χ2v) is 7.66. The van der Waals surface area contributed by atoms with Crippen molar-refractivity contribution in [3.05, 3.63) is 95.6 Å². The normalized spacial score (nSPS) is 20.1. The van der Waals surface area contributed by atoms with E-state index in [1.807, 2.05) is 55.5 Å². The Hall–Kier alpha value is -3.93. The molecule has 3 aromatic carbocycles. The zero-order chi connectivity index (χ0) is 20.9. The summed E-state index contributed by atoms with van der Waals surface area (Å²) in [5.41, 5.74) is 1.65. The van der Waals surface area contributed by atoms with Crippen molar-refractivity contribution in [1.29, 1.82) is 0 Å². The molecule has 0 aromatic heterocycles. The maximum Gasteiger partial charge on any atom is 0.262 e. The number of imide groups is 1. The van der Waals surface area contributed by atoms with Gasteiger partial charge in [0.25, 0.3) is 17.7 Å². The van der Waals surface area contributed by atoms with Gasteiger partial charge in [-0.2, -0.15) is 0 Å². The van der Waals surface area contributed by atoms with Gasteiger partial charge in [-0.25, -0.2) is 0 Å². The number of anilines is 2. The highest BCUT2D eigenvalue weighted by Crippen LogP contribution is 2.36. The highest BCUT2D eigenvalue weighted by molar-refractivity contribution is 6.21. The number of nitrogens with one attached hydrogen (secondary N) is 1. The van der Waals surface area contributed by atoms with Gasteiger partial charge in [0.2, 0.25) is 0 Å². The van der Waals surface area contributed by atoms with E-state index in [4.69, 9.17) is 0 Å². The number of amides is 3. The Morgan fingerprint density at radius 1 is 0.700 bits per heavy atom. The highest BCUT2D eigenvalue weighted by atomic mass is 16.2. The van der Waals surface area contributed by atoms with E-state index in [-0.39, 0.29) is 24.3 Å². The molecule has 0 radical (unpaired) electrons. The fourth-order valence-corrected chi connectivity index (χ4v) is 4.25. The molecule has 2 aliphatic rings. The summed E-state index contributed by atoms with van der Waals surface area (Å²) >= 11 is 0. The first kappa shape index (κ1) is 18.1. The quantitative estimate of drug-likeness (QED) is 0.683. The molecule has 148 valence electrons. The van der Waals surface area contributed by atoms with Crippen molar-refractivity contribution in [3.8, 4) is 0 Å². The number of carbonyl (C=O) groups excluding carboxylic acids is 3. The second kappa shape index (κ2) is 6.56. The van der Waals surface area contributed by atoms with Crippen molar-refractivity contribution in [1.82, 2.24) is 4.90 Å². The van der Waals surface area contributed by atoms with Gasteiger partial charge in [-0.05, 0) is 43.3 Å². The van der Waals surface area contributed by atoms with Crippen molar-refractivity contribution < 1.29 is 14.4 Å². The number of nitrogens with zero attached hydrogens (tertiary/aromatic N) is 2. The summed E-state index contributed by atoms with van der Waals surface area (Å²) in [4.78, 5) is 42.3. The van der Waals surface area contributed by atoms with Crippen LogP contribution in [0.3, 0.4) is 0 Å². The molecule has 3 aromatic rings. The third-order valence-corrected chi connectivity index (χ3v) is 5.62. The SMILES string of the molecule is C[C@@]1(CN2C(=O)c3ccccc3C2=O)Nc2ccccc2C(=O)N1c1ccccc1. The van der Waals surface area contributed by atoms with Crippen molar-refractivity contribution in [3.63, 3.8) is 0 Å². The molecule has 6 heteroatoms. The number of benzene rings is 3. The lowest BCUT2D eigenvalue weighted by molar-refractivity contribution is 0.0615. The van der Waals surface area contributed by atoms with E-state index in [1.54, 1.807) is 35.2 Å². The molecule has 30 heavy (non-hydrogen) atoms. The summed E-state index contributed by atoms with van der Waals surface area (Å²) in [5.74, 6) is -0.884. The fraction of sp³-hybridized carbons (Fsp3) is 0.125. The van der Waals surface area contributed by atoms with Crippen LogP contribution in [0.4, 0.5) is 11.4 Å². The molecular formula is C24H19N3O3. The van der Waals surface area contributed by atoms with E-state index in [0.29, 0.717) is 28.1 Å². The smallest absolute Gasteiger partial charge is 0.262 e. The molecule has 3 amide bonds. The lowest BCUT2D eigenvalue weighted by Gasteiger charge is -2.47. The standard InChI is InChI=1S/C24H19N3O3/c1-24(15-26-21(28)17-11-5-6-12-18(17)22(26)29)25-20-14-8-7-13-19(20)23(30)27(24)16-9-3-2-4-10-16/h2-14,25H,15H2,1H3/t24-/m1/s1. The zero-order valence-electron chi connectivity index (χ0n) is 16.3. The number of rotatable bonds is 3. The van der Waals surface area contributed by atoms with Gasteiger partial charge in [0, 0.05) is 11.4 Å². The van der Waals surface area contributed by atoms with Crippen LogP contribution in [0, 0.1) is 0 Å². The molecule has 6 nitrogen and oxygen atoms in total. The molecule has 0 fully saturated rings. The first-order valence-corrected chi connectivity index (χ1v) is 9.72. The van der Waals surface area contributed by atoms with E-state index < -0.39 is 5.66 Å². The summed E-state index contributed by atoms with van der Waals surface area (Å²) in [7, 11) is 0. The van der Waals surface area contributed by atoms with Crippen LogP contribution in [0.15, 0.2) is 78.9 Å². The van der Waals surface area contributed by atoms with Gasteiger partial charge in [-0.15, -0.1) is 0 Å². The Bertz CT molecular complexity index is 1160. The van der Waals surface area contributed by atoms with Crippen LogP contribution in [0.25, 0.3) is 0 Å². The minimum absolute atomic E-state index is 0.00825. The maximum absolute atomic E-state index is 13.5. The molecular weight excluding hydrogens is 378 g/mol. The van der Waals surface area contributed by atoms with E-state index in [2.05, 4.69) is 5.32 Å². The average Bonchev–Trinajstić information content (AvgIpc) is 2.99. The molecule has 0 saturated carbocycles. The molecule has 0 bridgehead atoms. The minimum atomic E-state index is -1.03. The Labute approximate surface area is 173 Å². The first-order chi connectivity index (χ1) is 14.5. The predicted octanol–water partition coefficient (Wildman–Crippen LogP) is 3.77. The van der Waals surface area contributed by atoms with Crippen molar-refractivity contribution in [2.75, 3.05) is 16.8 Å². The summed E-state index contributed by atoms with van der Waals surface area (Å²) in [6.45, 7) is 1.84. The van der Waals surface area contributed by atoms with Gasteiger partial charge in [0.1, 0.15) is 5.66 Å². The lowest BCUT2D eigenvalue weighted by atomic mass is 9.98. The summed E-state index contributed by atoms with van der Waals surface area (Å²) in [6, 6.07) is 23.3. The summed E-state index contributed by atoms with van der Waals surface area (Å²) < 4.78 is 0. The summed E-state index contributed by atoms with van der Waals surface area (Å²) in [6.07, 6.45) is 0. The monoisotopic (exact) mass is 397 g/mol. The maximum atomic E-state index is 13.5. The fourth-order valence-electron chi connectivity index (χ4n) is 4.25. The number of carbonyl (C=O) groups is 3. The van der Waals surface area contributed by atoms with Crippen molar-refractivity contribution in [2.45, 2.75) is 12.6 Å². The summed E-state index contributed by atoms with van der Waals surface area (Å²) in [5, 5.41) is 3.41. The predicted molar refractivity (Wildman–Crippen MR) is 114 cm³/mol. The van der Waals surface area contributed by atoms with Crippen LogP contribution < -0.4 is 10.2 Å². The molecule has 1 N–H and O–H groups in total. The number of para-hydroxylation sites is 2. The molecule has 5 rings (SSSR count). The molecule has 0 saturated heterocycles. The minimum Gasteiger partial charge on any atom is -0.360 e. The van der Waals surface area contributed by atoms with E-state index >= 15 is 0 Å². The van der Waals surface area contributed by atoms with E-state index in [9.17, 15) is 14.4 Å². The first-order valence-electron chi connectivity index (χ1n) is 9.72.